The topological polar surface area (TPSA) is 125 Å². The third-order valence-corrected chi connectivity index (χ3v) is 7.03. The third kappa shape index (κ3) is 5.48. The van der Waals surface area contributed by atoms with Crippen LogP contribution in [0.5, 0.6) is 0 Å². The summed E-state index contributed by atoms with van der Waals surface area (Å²) in [5.74, 6) is 0.313. The largest absolute Gasteiger partial charge is 0.465 e. The second kappa shape index (κ2) is 9.44. The first-order chi connectivity index (χ1) is 14.3. The molecule has 3 rings (SSSR count). The van der Waals surface area contributed by atoms with Gasteiger partial charge >= 0.3 is 6.09 Å². The van der Waals surface area contributed by atoms with E-state index >= 15 is 0 Å². The lowest BCUT2D eigenvalue weighted by Gasteiger charge is -2.28. The lowest BCUT2D eigenvalue weighted by atomic mass is 9.82. The molecular weight excluding hydrogens is 406 g/mol. The minimum Gasteiger partial charge on any atom is -0.465 e. The van der Waals surface area contributed by atoms with E-state index in [0.717, 1.165) is 25.7 Å². The Morgan fingerprint density at radius 3 is 2.20 bits per heavy atom. The maximum absolute atomic E-state index is 13.0. The second-order valence-electron chi connectivity index (χ2n) is 7.76. The molecule has 0 bridgehead atoms. The average Bonchev–Trinajstić information content (AvgIpc) is 2.71. The molecule has 0 atom stereocenters. The Morgan fingerprint density at radius 1 is 0.967 bits per heavy atom. The molecule has 0 heterocycles. The van der Waals surface area contributed by atoms with Crippen molar-refractivity contribution in [1.82, 2.24) is 10.0 Å². The number of anilines is 1. The van der Waals surface area contributed by atoms with Gasteiger partial charge in [-0.3, -0.25) is 4.79 Å². The summed E-state index contributed by atoms with van der Waals surface area (Å²) in [6.45, 7) is 2.21. The fraction of sp³-hybridized carbons (Fsp3) is 0.429. The van der Waals surface area contributed by atoms with Crippen molar-refractivity contribution >= 4 is 38.5 Å². The van der Waals surface area contributed by atoms with Crippen LogP contribution in [0.25, 0.3) is 10.8 Å². The highest BCUT2D eigenvalue weighted by Crippen LogP contribution is 2.30. The van der Waals surface area contributed by atoms with E-state index in [-0.39, 0.29) is 16.7 Å². The Morgan fingerprint density at radius 2 is 1.57 bits per heavy atom. The zero-order valence-electron chi connectivity index (χ0n) is 16.8. The van der Waals surface area contributed by atoms with Crippen LogP contribution in [-0.2, 0) is 14.8 Å². The van der Waals surface area contributed by atoms with Crippen LogP contribution in [0.4, 0.5) is 10.5 Å². The van der Waals surface area contributed by atoms with E-state index in [2.05, 4.69) is 15.4 Å². The summed E-state index contributed by atoms with van der Waals surface area (Å²) in [5, 5.41) is 15.1. The molecule has 8 nitrogen and oxygen atoms in total. The van der Waals surface area contributed by atoms with Crippen LogP contribution in [-0.4, -0.2) is 38.6 Å². The van der Waals surface area contributed by atoms with E-state index in [4.69, 9.17) is 5.11 Å². The smallest absolute Gasteiger partial charge is 0.404 e. The molecule has 162 valence electrons. The molecule has 30 heavy (non-hydrogen) atoms. The van der Waals surface area contributed by atoms with Gasteiger partial charge in [0.2, 0.25) is 15.9 Å². The Kier molecular flexibility index (Phi) is 6.94. The molecule has 0 spiro atoms. The number of carboxylic acid groups (broad SMARTS) is 1. The standard InChI is InChI=1S/C21H27N3O5S/c1-14(25)24-19-6-2-5-18-17(19)4-3-7-20(18)30(28,29)23-13-16-10-8-15(9-11-16)12-22-21(26)27/h2-7,15-16,22-23H,8-13H2,1H3,(H,24,25)(H,26,27). The van der Waals surface area contributed by atoms with Gasteiger partial charge in [-0.1, -0.05) is 24.3 Å². The lowest BCUT2D eigenvalue weighted by molar-refractivity contribution is -0.114. The van der Waals surface area contributed by atoms with E-state index in [9.17, 15) is 18.0 Å². The molecule has 2 amide bonds. The molecule has 2 aromatic carbocycles. The third-order valence-electron chi connectivity index (χ3n) is 5.55. The van der Waals surface area contributed by atoms with E-state index in [1.807, 2.05) is 0 Å². The molecule has 0 radical (unpaired) electrons. The molecule has 0 saturated heterocycles. The van der Waals surface area contributed by atoms with Gasteiger partial charge in [-0.15, -0.1) is 0 Å². The van der Waals surface area contributed by atoms with Gasteiger partial charge in [-0.2, -0.15) is 0 Å². The zero-order chi connectivity index (χ0) is 21.7. The van der Waals surface area contributed by atoms with Crippen molar-refractivity contribution in [3.05, 3.63) is 36.4 Å². The maximum atomic E-state index is 13.0. The van der Waals surface area contributed by atoms with Crippen molar-refractivity contribution in [3.8, 4) is 0 Å². The number of benzene rings is 2. The zero-order valence-corrected chi connectivity index (χ0v) is 17.7. The molecule has 0 unspecified atom stereocenters. The normalized spacial score (nSPS) is 19.4. The van der Waals surface area contributed by atoms with Gasteiger partial charge in [0.25, 0.3) is 0 Å². The van der Waals surface area contributed by atoms with Crippen LogP contribution in [0.2, 0.25) is 0 Å². The summed E-state index contributed by atoms with van der Waals surface area (Å²) in [7, 11) is -3.72. The highest BCUT2D eigenvalue weighted by Gasteiger charge is 2.24. The first kappa shape index (κ1) is 22.0. The SMILES string of the molecule is CC(=O)Nc1cccc2c(S(=O)(=O)NCC3CCC(CNC(=O)O)CC3)cccc12. The molecule has 1 aliphatic carbocycles. The van der Waals surface area contributed by atoms with Crippen molar-refractivity contribution < 1.29 is 23.1 Å². The van der Waals surface area contributed by atoms with Crippen LogP contribution in [0.1, 0.15) is 32.6 Å². The number of hydrogen-bond donors (Lipinski definition) is 4. The van der Waals surface area contributed by atoms with Crippen LogP contribution >= 0.6 is 0 Å². The number of nitrogens with one attached hydrogen (secondary N) is 3. The van der Waals surface area contributed by atoms with E-state index in [0.29, 0.717) is 35.5 Å². The number of carbonyl (C=O) groups excluding carboxylic acids is 1. The Balaban J connectivity index is 1.67. The summed E-state index contributed by atoms with van der Waals surface area (Å²) in [5.41, 5.74) is 0.574. The van der Waals surface area contributed by atoms with Crippen LogP contribution in [0, 0.1) is 11.8 Å². The van der Waals surface area contributed by atoms with E-state index in [1.165, 1.54) is 6.92 Å². The fourth-order valence-corrected chi connectivity index (χ4v) is 5.33. The summed E-state index contributed by atoms with van der Waals surface area (Å²) in [6, 6.07) is 10.2. The molecule has 1 saturated carbocycles. The quantitative estimate of drug-likeness (QED) is 0.534. The molecule has 0 aliphatic heterocycles. The lowest BCUT2D eigenvalue weighted by Crippen LogP contribution is -2.34. The maximum Gasteiger partial charge on any atom is 0.404 e. The van der Waals surface area contributed by atoms with Gasteiger partial charge in [-0.25, -0.2) is 17.9 Å². The minimum atomic E-state index is -3.72. The predicted molar refractivity (Wildman–Crippen MR) is 115 cm³/mol. The van der Waals surface area contributed by atoms with Crippen molar-refractivity contribution in [2.45, 2.75) is 37.5 Å². The number of hydrogen-bond acceptors (Lipinski definition) is 4. The number of rotatable bonds is 7. The van der Waals surface area contributed by atoms with Gasteiger partial charge in [0.05, 0.1) is 4.90 Å². The number of carbonyl (C=O) groups is 2. The van der Waals surface area contributed by atoms with Gasteiger partial charge in [0.15, 0.2) is 0 Å². The van der Waals surface area contributed by atoms with Gasteiger partial charge in [0, 0.05) is 36.5 Å². The monoisotopic (exact) mass is 433 g/mol. The highest BCUT2D eigenvalue weighted by molar-refractivity contribution is 7.89. The van der Waals surface area contributed by atoms with Crippen molar-refractivity contribution in [1.29, 1.82) is 0 Å². The van der Waals surface area contributed by atoms with Crippen LogP contribution in [0.3, 0.4) is 0 Å². The van der Waals surface area contributed by atoms with E-state index in [1.54, 1.807) is 36.4 Å². The van der Waals surface area contributed by atoms with Crippen molar-refractivity contribution in [2.24, 2.45) is 11.8 Å². The van der Waals surface area contributed by atoms with Gasteiger partial charge in [-0.05, 0) is 49.7 Å². The fourth-order valence-electron chi connectivity index (χ4n) is 3.99. The first-order valence-electron chi connectivity index (χ1n) is 10.0. The molecule has 2 aromatic rings. The molecule has 1 fully saturated rings. The molecule has 4 N–H and O–H groups in total. The van der Waals surface area contributed by atoms with Crippen LogP contribution < -0.4 is 15.4 Å². The summed E-state index contributed by atoms with van der Waals surface area (Å²) < 4.78 is 28.7. The van der Waals surface area contributed by atoms with Crippen molar-refractivity contribution in [3.63, 3.8) is 0 Å². The van der Waals surface area contributed by atoms with Crippen molar-refractivity contribution in [2.75, 3.05) is 18.4 Å². The molecular formula is C21H27N3O5S. The Bertz CT molecular complexity index is 1030. The summed E-state index contributed by atoms with van der Waals surface area (Å²) in [6.07, 6.45) is 2.46. The highest BCUT2D eigenvalue weighted by atomic mass is 32.2. The van der Waals surface area contributed by atoms with Gasteiger partial charge < -0.3 is 15.7 Å². The Hall–Kier alpha value is -2.65. The molecule has 0 aromatic heterocycles. The number of fused-ring (bicyclic) bond motifs is 1. The summed E-state index contributed by atoms with van der Waals surface area (Å²) >= 11 is 0. The minimum absolute atomic E-state index is 0.187. The van der Waals surface area contributed by atoms with Crippen LogP contribution in [0.15, 0.2) is 41.3 Å². The predicted octanol–water partition coefficient (Wildman–Crippen LogP) is 3.15. The molecule has 9 heteroatoms. The van der Waals surface area contributed by atoms with Gasteiger partial charge in [0.1, 0.15) is 0 Å². The average molecular weight is 434 g/mol. The summed E-state index contributed by atoms with van der Waals surface area (Å²) in [4.78, 5) is 22.2. The van der Waals surface area contributed by atoms with E-state index < -0.39 is 16.1 Å². The molecule has 1 aliphatic rings. The first-order valence-corrected chi connectivity index (χ1v) is 11.5. The Labute approximate surface area is 176 Å². The number of amides is 2. The number of sulfonamides is 1. The second-order valence-corrected chi connectivity index (χ2v) is 9.50.